The summed E-state index contributed by atoms with van der Waals surface area (Å²) < 4.78 is 1.74. The lowest BCUT2D eigenvalue weighted by Crippen LogP contribution is -2.15. The van der Waals surface area contributed by atoms with Crippen LogP contribution in [0.5, 0.6) is 5.88 Å². The number of pyridine rings is 1. The van der Waals surface area contributed by atoms with E-state index in [1.165, 1.54) is 0 Å². The molecule has 2 N–H and O–H groups in total. The summed E-state index contributed by atoms with van der Waals surface area (Å²) in [4.78, 5) is 4.27. The topological polar surface area (TPSA) is 49.6 Å². The van der Waals surface area contributed by atoms with Crippen molar-refractivity contribution in [3.63, 3.8) is 0 Å². The molecule has 2 heterocycles. The van der Waals surface area contributed by atoms with Crippen molar-refractivity contribution >= 4 is 5.52 Å². The van der Waals surface area contributed by atoms with Crippen molar-refractivity contribution in [3.8, 4) is 5.88 Å². The van der Waals surface area contributed by atoms with Gasteiger partial charge < -0.3 is 10.4 Å². The third kappa shape index (κ3) is 1.24. The monoisotopic (exact) mass is 191 g/mol. The molecule has 0 bridgehead atoms. The molecule has 0 spiro atoms. The maximum atomic E-state index is 9.68. The predicted octanol–water partition coefficient (Wildman–Crippen LogP) is 1.32. The first-order chi connectivity index (χ1) is 6.74. The number of nitrogens with one attached hydrogen (secondary N) is 1. The Bertz CT molecular complexity index is 450. The second-order valence-electron chi connectivity index (χ2n) is 3.27. The van der Waals surface area contributed by atoms with Crippen molar-refractivity contribution in [2.24, 2.45) is 0 Å². The first-order valence-corrected chi connectivity index (χ1v) is 4.56. The summed E-state index contributed by atoms with van der Waals surface area (Å²) >= 11 is 0. The molecule has 0 aliphatic rings. The number of rotatable bonds is 2. The highest BCUT2D eigenvalue weighted by molar-refractivity contribution is 5.49. The number of aromatic hydroxyl groups is 1. The molecular weight excluding hydrogens is 178 g/mol. The van der Waals surface area contributed by atoms with Gasteiger partial charge in [-0.25, -0.2) is 4.98 Å². The van der Waals surface area contributed by atoms with Crippen LogP contribution in [-0.2, 0) is 0 Å². The van der Waals surface area contributed by atoms with E-state index in [4.69, 9.17) is 0 Å². The second kappa shape index (κ2) is 3.31. The summed E-state index contributed by atoms with van der Waals surface area (Å²) in [6.45, 7) is 2.00. The minimum absolute atomic E-state index is 0.116. The van der Waals surface area contributed by atoms with Crippen molar-refractivity contribution in [3.05, 3.63) is 30.2 Å². The molecule has 74 valence electrons. The van der Waals surface area contributed by atoms with Crippen LogP contribution in [0, 0.1) is 0 Å². The minimum Gasteiger partial charge on any atom is -0.494 e. The smallest absolute Gasteiger partial charge is 0.197 e. The lowest BCUT2D eigenvalue weighted by Gasteiger charge is -2.09. The zero-order chi connectivity index (χ0) is 10.1. The molecule has 4 nitrogen and oxygen atoms in total. The Labute approximate surface area is 82.2 Å². The van der Waals surface area contributed by atoms with E-state index < -0.39 is 0 Å². The highest BCUT2D eigenvalue weighted by Gasteiger charge is 2.11. The van der Waals surface area contributed by atoms with E-state index in [1.54, 1.807) is 22.7 Å². The standard InChI is InChI=1S/C10H13N3O/c1-7(11-2)10-12-6-8-4-3-5-9(14)13(8)10/h3-7,11,14H,1-2H3. The van der Waals surface area contributed by atoms with Gasteiger partial charge in [0.2, 0.25) is 0 Å². The maximum absolute atomic E-state index is 9.68. The SMILES string of the molecule is CNC(C)c1ncc2cccc(O)n12. The maximum Gasteiger partial charge on any atom is 0.197 e. The summed E-state index contributed by atoms with van der Waals surface area (Å²) in [6, 6.07) is 5.49. The molecule has 0 saturated carbocycles. The van der Waals surface area contributed by atoms with E-state index in [0.29, 0.717) is 0 Å². The van der Waals surface area contributed by atoms with Crippen molar-refractivity contribution in [1.82, 2.24) is 14.7 Å². The fraction of sp³-hybridized carbons (Fsp3) is 0.300. The molecule has 0 fully saturated rings. The Balaban J connectivity index is 2.67. The van der Waals surface area contributed by atoms with Gasteiger partial charge in [-0.05, 0) is 26.1 Å². The molecule has 0 radical (unpaired) electrons. The molecule has 0 saturated heterocycles. The second-order valence-corrected chi connectivity index (χ2v) is 3.27. The molecule has 0 aliphatic heterocycles. The fourth-order valence-electron chi connectivity index (χ4n) is 1.49. The number of aromatic nitrogens is 2. The molecule has 2 aromatic heterocycles. The summed E-state index contributed by atoms with van der Waals surface area (Å²) in [7, 11) is 1.87. The Morgan fingerprint density at radius 3 is 3.00 bits per heavy atom. The summed E-state index contributed by atoms with van der Waals surface area (Å²) in [5.74, 6) is 1.04. The van der Waals surface area contributed by atoms with Gasteiger partial charge in [0.05, 0.1) is 17.8 Å². The predicted molar refractivity (Wildman–Crippen MR) is 54.3 cm³/mol. The van der Waals surface area contributed by atoms with Gasteiger partial charge in [-0.1, -0.05) is 6.07 Å². The van der Waals surface area contributed by atoms with Crippen LogP contribution in [0.25, 0.3) is 5.52 Å². The number of hydrogen-bond donors (Lipinski definition) is 2. The summed E-state index contributed by atoms with van der Waals surface area (Å²) in [5, 5.41) is 12.8. The van der Waals surface area contributed by atoms with Crippen LogP contribution >= 0.6 is 0 Å². The van der Waals surface area contributed by atoms with Gasteiger partial charge in [0.25, 0.3) is 0 Å². The zero-order valence-electron chi connectivity index (χ0n) is 8.23. The highest BCUT2D eigenvalue weighted by atomic mass is 16.3. The molecule has 4 heteroatoms. The molecule has 2 rings (SSSR count). The summed E-state index contributed by atoms with van der Waals surface area (Å²) in [6.07, 6.45) is 1.75. The first-order valence-electron chi connectivity index (χ1n) is 4.56. The van der Waals surface area contributed by atoms with Gasteiger partial charge in [0.1, 0.15) is 5.82 Å². The average molecular weight is 191 g/mol. The van der Waals surface area contributed by atoms with Gasteiger partial charge in [0.15, 0.2) is 5.88 Å². The largest absolute Gasteiger partial charge is 0.494 e. The van der Waals surface area contributed by atoms with E-state index in [0.717, 1.165) is 11.3 Å². The molecule has 2 aromatic rings. The Morgan fingerprint density at radius 2 is 2.29 bits per heavy atom. The molecule has 0 aromatic carbocycles. The minimum atomic E-state index is 0.116. The Morgan fingerprint density at radius 1 is 1.50 bits per heavy atom. The number of imidazole rings is 1. The van der Waals surface area contributed by atoms with Crippen molar-refractivity contribution < 1.29 is 5.11 Å². The van der Waals surface area contributed by atoms with Crippen LogP contribution in [0.2, 0.25) is 0 Å². The van der Waals surface area contributed by atoms with E-state index in [9.17, 15) is 5.11 Å². The molecule has 1 atom stereocenters. The Kier molecular flexibility index (Phi) is 2.13. The quantitative estimate of drug-likeness (QED) is 0.752. The molecule has 14 heavy (non-hydrogen) atoms. The molecule has 1 unspecified atom stereocenters. The third-order valence-corrected chi connectivity index (χ3v) is 2.38. The third-order valence-electron chi connectivity index (χ3n) is 2.38. The zero-order valence-corrected chi connectivity index (χ0v) is 8.23. The average Bonchev–Trinajstić information content (AvgIpc) is 2.62. The summed E-state index contributed by atoms with van der Waals surface area (Å²) in [5.41, 5.74) is 0.905. The van der Waals surface area contributed by atoms with Gasteiger partial charge in [0, 0.05) is 0 Å². The lowest BCUT2D eigenvalue weighted by atomic mass is 10.3. The normalized spacial score (nSPS) is 13.3. The van der Waals surface area contributed by atoms with Crippen molar-refractivity contribution in [2.75, 3.05) is 7.05 Å². The lowest BCUT2D eigenvalue weighted by molar-refractivity contribution is 0.437. The van der Waals surface area contributed by atoms with Crippen molar-refractivity contribution in [1.29, 1.82) is 0 Å². The Hall–Kier alpha value is -1.55. The molecule has 0 aliphatic carbocycles. The van der Waals surface area contributed by atoms with Gasteiger partial charge in [-0.3, -0.25) is 4.40 Å². The molecular formula is C10H13N3O. The van der Waals surface area contributed by atoms with Crippen LogP contribution < -0.4 is 5.32 Å². The van der Waals surface area contributed by atoms with Crippen molar-refractivity contribution in [2.45, 2.75) is 13.0 Å². The van der Waals surface area contributed by atoms with E-state index >= 15 is 0 Å². The van der Waals surface area contributed by atoms with Crippen LogP contribution in [0.4, 0.5) is 0 Å². The van der Waals surface area contributed by atoms with Gasteiger partial charge in [-0.2, -0.15) is 0 Å². The number of fused-ring (bicyclic) bond motifs is 1. The number of nitrogens with zero attached hydrogens (tertiary/aromatic N) is 2. The van der Waals surface area contributed by atoms with Gasteiger partial charge in [-0.15, -0.1) is 0 Å². The molecule has 0 amide bonds. The number of hydrogen-bond acceptors (Lipinski definition) is 3. The fourth-order valence-corrected chi connectivity index (χ4v) is 1.49. The van der Waals surface area contributed by atoms with E-state index in [2.05, 4.69) is 10.3 Å². The van der Waals surface area contributed by atoms with Crippen LogP contribution in [0.3, 0.4) is 0 Å². The van der Waals surface area contributed by atoms with Gasteiger partial charge >= 0.3 is 0 Å². The van der Waals surface area contributed by atoms with Crippen LogP contribution in [0.15, 0.2) is 24.4 Å². The first kappa shape index (κ1) is 9.02. The van der Waals surface area contributed by atoms with E-state index in [1.807, 2.05) is 20.0 Å². The van der Waals surface area contributed by atoms with E-state index in [-0.39, 0.29) is 11.9 Å². The van der Waals surface area contributed by atoms with Crippen LogP contribution in [0.1, 0.15) is 18.8 Å². The van der Waals surface area contributed by atoms with Crippen LogP contribution in [-0.4, -0.2) is 21.5 Å². The highest BCUT2D eigenvalue weighted by Crippen LogP contribution is 2.19.